The van der Waals surface area contributed by atoms with Crippen LogP contribution in [-0.4, -0.2) is 4.98 Å². The van der Waals surface area contributed by atoms with E-state index in [0.717, 1.165) is 0 Å². The fraction of sp³-hybridized carbons (Fsp3) is 0. The van der Waals surface area contributed by atoms with Crippen LogP contribution in [0.15, 0.2) is 36.5 Å². The quantitative estimate of drug-likeness (QED) is 0.812. The van der Waals surface area contributed by atoms with Crippen molar-refractivity contribution in [3.8, 4) is 0 Å². The molecule has 1 N–H and O–H groups in total. The number of halogens is 3. The maximum Gasteiger partial charge on any atom is 0.214 e. The largest absolute Gasteiger partial charge is 0.354 e. The number of hydrogen-bond acceptors (Lipinski definition) is 2. The lowest BCUT2D eigenvalue weighted by atomic mass is 10.3. The highest BCUT2D eigenvalue weighted by Crippen LogP contribution is 2.28. The van der Waals surface area contributed by atoms with Crippen LogP contribution < -0.4 is 5.32 Å². The van der Waals surface area contributed by atoms with Crippen LogP contribution in [0, 0.1) is 5.95 Å². The van der Waals surface area contributed by atoms with Crippen LogP contribution in [0.4, 0.5) is 15.8 Å². The highest BCUT2D eigenvalue weighted by molar-refractivity contribution is 6.36. The zero-order valence-electron chi connectivity index (χ0n) is 8.05. The van der Waals surface area contributed by atoms with Gasteiger partial charge in [0, 0.05) is 23.0 Å². The Hall–Kier alpha value is -1.32. The molecule has 2 rings (SSSR count). The molecule has 0 radical (unpaired) electrons. The molecule has 16 heavy (non-hydrogen) atoms. The molecule has 0 saturated heterocycles. The smallest absolute Gasteiger partial charge is 0.214 e. The highest BCUT2D eigenvalue weighted by atomic mass is 35.5. The number of aromatic nitrogens is 1. The van der Waals surface area contributed by atoms with Crippen molar-refractivity contribution in [3.05, 3.63) is 52.5 Å². The summed E-state index contributed by atoms with van der Waals surface area (Å²) in [6, 6.07) is 7.97. The Morgan fingerprint density at radius 3 is 2.62 bits per heavy atom. The van der Waals surface area contributed by atoms with Crippen molar-refractivity contribution in [2.75, 3.05) is 5.32 Å². The zero-order valence-corrected chi connectivity index (χ0v) is 9.56. The Balaban J connectivity index is 2.27. The number of nitrogens with one attached hydrogen (secondary N) is 1. The molecule has 0 unspecified atom stereocenters. The number of pyridine rings is 1. The van der Waals surface area contributed by atoms with Crippen molar-refractivity contribution < 1.29 is 4.39 Å². The highest BCUT2D eigenvalue weighted by Gasteiger charge is 2.02. The van der Waals surface area contributed by atoms with Gasteiger partial charge < -0.3 is 5.32 Å². The van der Waals surface area contributed by atoms with Crippen LogP contribution in [0.1, 0.15) is 0 Å². The Bertz CT molecular complexity index is 517. The van der Waals surface area contributed by atoms with Gasteiger partial charge in [-0.3, -0.25) is 0 Å². The van der Waals surface area contributed by atoms with E-state index >= 15 is 0 Å². The van der Waals surface area contributed by atoms with Crippen LogP contribution in [0.5, 0.6) is 0 Å². The van der Waals surface area contributed by atoms with Crippen molar-refractivity contribution in [3.63, 3.8) is 0 Å². The van der Waals surface area contributed by atoms with E-state index in [9.17, 15) is 4.39 Å². The molecule has 0 fully saturated rings. The van der Waals surface area contributed by atoms with Crippen LogP contribution >= 0.6 is 23.2 Å². The molecule has 0 bridgehead atoms. The van der Waals surface area contributed by atoms with Crippen molar-refractivity contribution in [1.82, 2.24) is 4.98 Å². The van der Waals surface area contributed by atoms with Gasteiger partial charge >= 0.3 is 0 Å². The van der Waals surface area contributed by atoms with E-state index in [1.54, 1.807) is 24.3 Å². The first-order valence-corrected chi connectivity index (χ1v) is 5.24. The minimum atomic E-state index is -0.546. The first kappa shape index (κ1) is 11.2. The molecule has 0 aliphatic carbocycles. The van der Waals surface area contributed by atoms with Gasteiger partial charge in [0.1, 0.15) is 0 Å². The predicted molar refractivity (Wildman–Crippen MR) is 63.9 cm³/mol. The van der Waals surface area contributed by atoms with Crippen molar-refractivity contribution in [1.29, 1.82) is 0 Å². The SMILES string of the molecule is Fc1cc(Nc2ccc(Cl)cc2Cl)ccn1. The fourth-order valence-corrected chi connectivity index (χ4v) is 1.68. The molecule has 0 aliphatic heterocycles. The molecule has 0 spiro atoms. The van der Waals surface area contributed by atoms with E-state index < -0.39 is 5.95 Å². The van der Waals surface area contributed by atoms with Crippen LogP contribution in [0.25, 0.3) is 0 Å². The topological polar surface area (TPSA) is 24.9 Å². The third-order valence-electron chi connectivity index (χ3n) is 1.94. The minimum Gasteiger partial charge on any atom is -0.354 e. The number of nitrogens with zero attached hydrogens (tertiary/aromatic N) is 1. The first-order chi connectivity index (χ1) is 7.65. The maximum absolute atomic E-state index is 12.8. The monoisotopic (exact) mass is 256 g/mol. The standard InChI is InChI=1S/C11H7Cl2FN2/c12-7-1-2-10(9(13)5-7)16-8-3-4-15-11(14)6-8/h1-6H,(H,15,16). The molecule has 82 valence electrons. The summed E-state index contributed by atoms with van der Waals surface area (Å²) in [5.41, 5.74) is 1.24. The first-order valence-electron chi connectivity index (χ1n) is 4.49. The van der Waals surface area contributed by atoms with Gasteiger partial charge in [0.2, 0.25) is 5.95 Å². The minimum absolute atomic E-state index is 0.477. The zero-order chi connectivity index (χ0) is 11.5. The normalized spacial score (nSPS) is 10.2. The number of hydrogen-bond donors (Lipinski definition) is 1. The van der Waals surface area contributed by atoms with E-state index in [1.807, 2.05) is 0 Å². The molecule has 1 aromatic carbocycles. The lowest BCUT2D eigenvalue weighted by Crippen LogP contribution is -1.92. The summed E-state index contributed by atoms with van der Waals surface area (Å²) in [4.78, 5) is 3.46. The molecular weight excluding hydrogens is 250 g/mol. The van der Waals surface area contributed by atoms with Gasteiger partial charge in [0.15, 0.2) is 0 Å². The van der Waals surface area contributed by atoms with Crippen molar-refractivity contribution in [2.45, 2.75) is 0 Å². The lowest BCUT2D eigenvalue weighted by Gasteiger charge is -2.08. The molecule has 1 aromatic heterocycles. The van der Waals surface area contributed by atoms with Gasteiger partial charge in [-0.2, -0.15) is 4.39 Å². The van der Waals surface area contributed by atoms with Crippen molar-refractivity contribution >= 4 is 34.6 Å². The van der Waals surface area contributed by atoms with Crippen LogP contribution in [0.3, 0.4) is 0 Å². The molecule has 2 nitrogen and oxygen atoms in total. The van der Waals surface area contributed by atoms with Gasteiger partial charge in [0.05, 0.1) is 10.7 Å². The molecule has 1 heterocycles. The second-order valence-electron chi connectivity index (χ2n) is 3.12. The van der Waals surface area contributed by atoms with E-state index in [2.05, 4.69) is 10.3 Å². The maximum atomic E-state index is 12.8. The molecular formula is C11H7Cl2FN2. The summed E-state index contributed by atoms with van der Waals surface area (Å²) in [6.07, 6.45) is 1.38. The van der Waals surface area contributed by atoms with Gasteiger partial charge in [-0.25, -0.2) is 4.98 Å². The Morgan fingerprint density at radius 2 is 1.94 bits per heavy atom. The Morgan fingerprint density at radius 1 is 1.12 bits per heavy atom. The molecule has 0 saturated carbocycles. The Labute approximate surface area is 102 Å². The van der Waals surface area contributed by atoms with Gasteiger partial charge in [-0.05, 0) is 24.3 Å². The number of rotatable bonds is 2. The predicted octanol–water partition coefficient (Wildman–Crippen LogP) is 4.27. The summed E-state index contributed by atoms with van der Waals surface area (Å²) < 4.78 is 12.8. The Kier molecular flexibility index (Phi) is 3.27. The number of benzene rings is 1. The lowest BCUT2D eigenvalue weighted by molar-refractivity contribution is 0.584. The van der Waals surface area contributed by atoms with Gasteiger partial charge in [-0.1, -0.05) is 23.2 Å². The summed E-state index contributed by atoms with van der Waals surface area (Å²) in [6.45, 7) is 0. The summed E-state index contributed by atoms with van der Waals surface area (Å²) in [7, 11) is 0. The van der Waals surface area contributed by atoms with E-state index in [4.69, 9.17) is 23.2 Å². The summed E-state index contributed by atoms with van der Waals surface area (Å²) in [5.74, 6) is -0.546. The second kappa shape index (κ2) is 4.68. The van der Waals surface area contributed by atoms with E-state index in [1.165, 1.54) is 12.3 Å². The average Bonchev–Trinajstić information content (AvgIpc) is 2.22. The number of anilines is 2. The average molecular weight is 257 g/mol. The van der Waals surface area contributed by atoms with Gasteiger partial charge in [0.25, 0.3) is 0 Å². The summed E-state index contributed by atoms with van der Waals surface area (Å²) >= 11 is 11.7. The molecule has 2 aromatic rings. The summed E-state index contributed by atoms with van der Waals surface area (Å²) in [5, 5.41) is 4.00. The molecule has 0 atom stereocenters. The second-order valence-corrected chi connectivity index (χ2v) is 3.96. The van der Waals surface area contributed by atoms with Crippen LogP contribution in [-0.2, 0) is 0 Å². The third kappa shape index (κ3) is 2.62. The fourth-order valence-electron chi connectivity index (χ4n) is 1.23. The van der Waals surface area contributed by atoms with Crippen molar-refractivity contribution in [2.24, 2.45) is 0 Å². The van der Waals surface area contributed by atoms with Crippen LogP contribution in [0.2, 0.25) is 10.0 Å². The van der Waals surface area contributed by atoms with E-state index in [-0.39, 0.29) is 0 Å². The molecule has 0 amide bonds. The molecule has 5 heteroatoms. The van der Waals surface area contributed by atoms with E-state index in [0.29, 0.717) is 21.4 Å². The molecule has 0 aliphatic rings. The van der Waals surface area contributed by atoms with Gasteiger partial charge in [-0.15, -0.1) is 0 Å². The third-order valence-corrected chi connectivity index (χ3v) is 2.48.